The molecular weight excluding hydrogens is 196 g/mol. The number of nitrogens with one attached hydrogen (secondary N) is 2. The molecule has 15 heavy (non-hydrogen) atoms. The number of nitrogens with zero attached hydrogens (tertiary/aromatic N) is 1. The summed E-state index contributed by atoms with van der Waals surface area (Å²) in [4.78, 5) is 10.3. The first-order valence-corrected chi connectivity index (χ1v) is 4.90. The number of amides is 1. The van der Waals surface area contributed by atoms with E-state index in [1.807, 2.05) is 6.92 Å². The number of likely N-dealkylation sites (N-methyl/N-ethyl adjacent to an activating group) is 1. The SMILES string of the molecule is CCCCN(O)C(C)=O.CNCC(=N)N. The summed E-state index contributed by atoms with van der Waals surface area (Å²) in [6, 6.07) is 0. The van der Waals surface area contributed by atoms with Crippen LogP contribution >= 0.6 is 0 Å². The summed E-state index contributed by atoms with van der Waals surface area (Å²) in [7, 11) is 1.75. The molecule has 6 heteroatoms. The van der Waals surface area contributed by atoms with Crippen LogP contribution in [0.1, 0.15) is 26.7 Å². The molecule has 1 amide bonds. The van der Waals surface area contributed by atoms with E-state index in [0.29, 0.717) is 13.1 Å². The van der Waals surface area contributed by atoms with Crippen molar-refractivity contribution >= 4 is 11.7 Å². The number of amidine groups is 1. The summed E-state index contributed by atoms with van der Waals surface area (Å²) in [5, 5.41) is 18.8. The second-order valence-electron chi connectivity index (χ2n) is 3.05. The van der Waals surface area contributed by atoms with Crippen LogP contribution in [0.3, 0.4) is 0 Å². The van der Waals surface area contributed by atoms with Crippen molar-refractivity contribution in [2.45, 2.75) is 26.7 Å². The van der Waals surface area contributed by atoms with Gasteiger partial charge in [-0.05, 0) is 13.5 Å². The third-order valence-corrected chi connectivity index (χ3v) is 1.45. The van der Waals surface area contributed by atoms with E-state index in [0.717, 1.165) is 17.9 Å². The molecular formula is C9H22N4O2. The van der Waals surface area contributed by atoms with Gasteiger partial charge in [0.2, 0.25) is 5.91 Å². The Morgan fingerprint density at radius 3 is 2.33 bits per heavy atom. The maximum atomic E-state index is 10.3. The van der Waals surface area contributed by atoms with E-state index in [1.165, 1.54) is 6.92 Å². The van der Waals surface area contributed by atoms with Gasteiger partial charge in [0.05, 0.1) is 6.54 Å². The molecule has 0 aromatic rings. The van der Waals surface area contributed by atoms with Crippen molar-refractivity contribution in [1.29, 1.82) is 5.41 Å². The van der Waals surface area contributed by atoms with E-state index in [1.54, 1.807) is 7.05 Å². The third-order valence-electron chi connectivity index (χ3n) is 1.45. The molecule has 0 aromatic heterocycles. The predicted molar refractivity (Wildman–Crippen MR) is 59.9 cm³/mol. The summed E-state index contributed by atoms with van der Waals surface area (Å²) < 4.78 is 0. The van der Waals surface area contributed by atoms with E-state index in [-0.39, 0.29) is 11.7 Å². The number of hydrogen-bond acceptors (Lipinski definition) is 4. The molecule has 0 radical (unpaired) electrons. The van der Waals surface area contributed by atoms with Crippen LogP contribution in [0.5, 0.6) is 0 Å². The number of carbonyl (C=O) groups is 1. The van der Waals surface area contributed by atoms with Crippen molar-refractivity contribution in [3.8, 4) is 0 Å². The highest BCUT2D eigenvalue weighted by atomic mass is 16.5. The average Bonchev–Trinajstić information content (AvgIpc) is 2.14. The molecule has 0 heterocycles. The maximum Gasteiger partial charge on any atom is 0.242 e. The van der Waals surface area contributed by atoms with Gasteiger partial charge in [0.15, 0.2) is 0 Å². The lowest BCUT2D eigenvalue weighted by Crippen LogP contribution is -2.25. The summed E-state index contributed by atoms with van der Waals surface area (Å²) in [6.45, 7) is 4.29. The molecule has 0 atom stereocenters. The first kappa shape index (κ1) is 16.3. The number of rotatable bonds is 5. The van der Waals surface area contributed by atoms with Crippen molar-refractivity contribution in [3.05, 3.63) is 0 Å². The Morgan fingerprint density at radius 2 is 2.13 bits per heavy atom. The molecule has 6 nitrogen and oxygen atoms in total. The second kappa shape index (κ2) is 10.9. The van der Waals surface area contributed by atoms with Crippen molar-refractivity contribution < 1.29 is 10.0 Å². The smallest absolute Gasteiger partial charge is 0.242 e. The lowest BCUT2D eigenvalue weighted by atomic mass is 10.3. The highest BCUT2D eigenvalue weighted by Crippen LogP contribution is 1.90. The van der Waals surface area contributed by atoms with Gasteiger partial charge in [0, 0.05) is 13.5 Å². The molecule has 5 N–H and O–H groups in total. The fourth-order valence-electron chi connectivity index (χ4n) is 0.656. The van der Waals surface area contributed by atoms with Gasteiger partial charge >= 0.3 is 0 Å². The average molecular weight is 218 g/mol. The molecule has 0 bridgehead atoms. The van der Waals surface area contributed by atoms with Gasteiger partial charge in [0.1, 0.15) is 5.84 Å². The van der Waals surface area contributed by atoms with Crippen LogP contribution in [-0.4, -0.2) is 42.2 Å². The number of nitrogens with two attached hydrogens (primary N) is 1. The van der Waals surface area contributed by atoms with E-state index in [9.17, 15) is 4.79 Å². The standard InChI is InChI=1S/C6H13NO2.C3H9N3/c1-3-4-5-7(9)6(2)8;1-6-2-3(4)5/h9H,3-5H2,1-2H3;6H,2H2,1H3,(H3,4,5). The Balaban J connectivity index is 0. The van der Waals surface area contributed by atoms with Crippen LogP contribution in [0.4, 0.5) is 0 Å². The molecule has 0 rings (SSSR count). The summed E-state index contributed by atoms with van der Waals surface area (Å²) in [5.41, 5.74) is 4.92. The van der Waals surface area contributed by atoms with Gasteiger partial charge in [-0.25, -0.2) is 5.06 Å². The highest BCUT2D eigenvalue weighted by molar-refractivity contribution is 5.78. The van der Waals surface area contributed by atoms with Crippen LogP contribution in [-0.2, 0) is 4.79 Å². The molecule has 0 saturated carbocycles. The fraction of sp³-hybridized carbons (Fsp3) is 0.778. The normalized spacial score (nSPS) is 8.80. The van der Waals surface area contributed by atoms with E-state index in [2.05, 4.69) is 5.32 Å². The van der Waals surface area contributed by atoms with Gasteiger partial charge in [-0.1, -0.05) is 13.3 Å². The first-order chi connectivity index (χ1) is 6.95. The molecule has 0 aliphatic heterocycles. The summed E-state index contributed by atoms with van der Waals surface area (Å²) >= 11 is 0. The first-order valence-electron chi connectivity index (χ1n) is 4.90. The lowest BCUT2D eigenvalue weighted by molar-refractivity contribution is -0.162. The maximum absolute atomic E-state index is 10.3. The van der Waals surface area contributed by atoms with Crippen LogP contribution in [0.2, 0.25) is 0 Å². The Labute approximate surface area is 90.9 Å². The molecule has 0 unspecified atom stereocenters. The largest absolute Gasteiger partial charge is 0.387 e. The van der Waals surface area contributed by atoms with Gasteiger partial charge in [0.25, 0.3) is 0 Å². The van der Waals surface area contributed by atoms with Gasteiger partial charge < -0.3 is 11.1 Å². The molecule has 0 fully saturated rings. The van der Waals surface area contributed by atoms with Crippen LogP contribution in [0, 0.1) is 5.41 Å². The fourth-order valence-corrected chi connectivity index (χ4v) is 0.656. The Hall–Kier alpha value is -1.14. The minimum atomic E-state index is -0.288. The number of hydrogen-bond donors (Lipinski definition) is 4. The Kier molecular flexibility index (Phi) is 11.9. The summed E-state index contributed by atoms with van der Waals surface area (Å²) in [6.07, 6.45) is 1.85. The minimum absolute atomic E-state index is 0.178. The van der Waals surface area contributed by atoms with Crippen LogP contribution < -0.4 is 11.1 Å². The monoisotopic (exact) mass is 218 g/mol. The van der Waals surface area contributed by atoms with Crippen molar-refractivity contribution in [1.82, 2.24) is 10.4 Å². The minimum Gasteiger partial charge on any atom is -0.387 e. The van der Waals surface area contributed by atoms with Crippen LogP contribution in [0.25, 0.3) is 0 Å². The van der Waals surface area contributed by atoms with Crippen LogP contribution in [0.15, 0.2) is 0 Å². The topological polar surface area (TPSA) is 102 Å². The van der Waals surface area contributed by atoms with Crippen molar-refractivity contribution in [2.24, 2.45) is 5.73 Å². The zero-order valence-electron chi connectivity index (χ0n) is 9.71. The molecule has 0 spiro atoms. The van der Waals surface area contributed by atoms with E-state index >= 15 is 0 Å². The quantitative estimate of drug-likeness (QED) is 0.228. The van der Waals surface area contributed by atoms with E-state index < -0.39 is 0 Å². The number of hydroxylamine groups is 2. The van der Waals surface area contributed by atoms with E-state index in [4.69, 9.17) is 16.4 Å². The zero-order valence-corrected chi connectivity index (χ0v) is 9.71. The lowest BCUT2D eigenvalue weighted by Gasteiger charge is -2.10. The molecule has 0 saturated heterocycles. The summed E-state index contributed by atoms with van der Waals surface area (Å²) in [5.74, 6) is -0.110. The number of unbranched alkanes of at least 4 members (excludes halogenated alkanes) is 1. The third kappa shape index (κ3) is 15.6. The molecule has 0 aromatic carbocycles. The molecule has 0 aliphatic rings. The Bertz CT molecular complexity index is 185. The molecule has 90 valence electrons. The predicted octanol–water partition coefficient (Wildman–Crippen LogP) is 0.166. The Morgan fingerprint density at radius 1 is 1.60 bits per heavy atom. The van der Waals surface area contributed by atoms with Gasteiger partial charge in [-0.15, -0.1) is 0 Å². The van der Waals surface area contributed by atoms with Gasteiger partial charge in [-0.2, -0.15) is 0 Å². The number of carbonyl (C=O) groups excluding carboxylic acids is 1. The molecule has 0 aliphatic carbocycles. The zero-order chi connectivity index (χ0) is 12.3. The van der Waals surface area contributed by atoms with Gasteiger partial charge in [-0.3, -0.25) is 15.4 Å². The van der Waals surface area contributed by atoms with Crippen molar-refractivity contribution in [2.75, 3.05) is 20.1 Å². The highest BCUT2D eigenvalue weighted by Gasteiger charge is 2.00. The van der Waals surface area contributed by atoms with Crippen molar-refractivity contribution in [3.63, 3.8) is 0 Å². The second-order valence-corrected chi connectivity index (χ2v) is 3.05.